The van der Waals surface area contributed by atoms with Crippen molar-refractivity contribution in [3.63, 3.8) is 0 Å². The fourth-order valence-electron chi connectivity index (χ4n) is 4.64. The summed E-state index contributed by atoms with van der Waals surface area (Å²) in [4.78, 5) is 27.1. The Labute approximate surface area is 205 Å². The highest BCUT2D eigenvalue weighted by molar-refractivity contribution is 6.07. The van der Waals surface area contributed by atoms with Crippen molar-refractivity contribution in [2.24, 2.45) is 5.10 Å². The Morgan fingerprint density at radius 1 is 1.03 bits per heavy atom. The van der Waals surface area contributed by atoms with Gasteiger partial charge in [-0.1, -0.05) is 30.3 Å². The summed E-state index contributed by atoms with van der Waals surface area (Å²) in [6, 6.07) is 18.2. The van der Waals surface area contributed by atoms with Gasteiger partial charge in [-0.15, -0.1) is 0 Å². The monoisotopic (exact) mass is 473 g/mol. The van der Waals surface area contributed by atoms with Gasteiger partial charge in [0.15, 0.2) is 6.61 Å². The van der Waals surface area contributed by atoms with Gasteiger partial charge in [0.25, 0.3) is 11.8 Å². The number of nitrogens with one attached hydrogen (secondary N) is 1. The second kappa shape index (κ2) is 10.6. The summed E-state index contributed by atoms with van der Waals surface area (Å²) < 4.78 is 5.68. The van der Waals surface area contributed by atoms with Gasteiger partial charge in [0.05, 0.1) is 5.71 Å². The van der Waals surface area contributed by atoms with E-state index in [9.17, 15) is 14.7 Å². The molecule has 0 saturated carbocycles. The number of amides is 2. The maximum absolute atomic E-state index is 12.6. The predicted molar refractivity (Wildman–Crippen MR) is 137 cm³/mol. The third-order valence-corrected chi connectivity index (χ3v) is 6.58. The summed E-state index contributed by atoms with van der Waals surface area (Å²) in [5.74, 6) is 0.243. The van der Waals surface area contributed by atoms with Crippen LogP contribution in [0.3, 0.4) is 0 Å². The van der Waals surface area contributed by atoms with Crippen LogP contribution in [0.15, 0.2) is 65.8 Å². The molecule has 0 radical (unpaired) electrons. The fraction of sp³-hybridized carbons (Fsp3) is 0.321. The molecule has 7 heteroatoms. The summed E-state index contributed by atoms with van der Waals surface area (Å²) in [5, 5.41) is 16.4. The Balaban J connectivity index is 1.35. The third kappa shape index (κ3) is 5.45. The van der Waals surface area contributed by atoms with Crippen LogP contribution in [0.2, 0.25) is 0 Å². The molecule has 2 atom stereocenters. The van der Waals surface area contributed by atoms with E-state index in [1.807, 2.05) is 35.2 Å². The summed E-state index contributed by atoms with van der Waals surface area (Å²) in [6.45, 7) is 5.85. The molecular formula is C28H31N3O4. The number of phenolic OH excluding ortho intramolecular Hbond substituents is 1. The smallest absolute Gasteiger partial charge is 0.271 e. The molecule has 0 spiro atoms. The Kier molecular flexibility index (Phi) is 7.34. The Bertz CT molecular complexity index is 1240. The molecule has 3 aromatic rings. The second-order valence-electron chi connectivity index (χ2n) is 9.06. The quantitative estimate of drug-likeness (QED) is 0.395. The van der Waals surface area contributed by atoms with Gasteiger partial charge in [-0.05, 0) is 75.8 Å². The van der Waals surface area contributed by atoms with Crippen molar-refractivity contribution in [2.75, 3.05) is 6.61 Å². The van der Waals surface area contributed by atoms with E-state index < -0.39 is 0 Å². The molecule has 4 rings (SSSR count). The molecule has 182 valence electrons. The predicted octanol–water partition coefficient (Wildman–Crippen LogP) is 4.87. The van der Waals surface area contributed by atoms with E-state index in [0.29, 0.717) is 22.6 Å². The molecule has 1 heterocycles. The number of likely N-dealkylation sites (tertiary alicyclic amines) is 1. The summed E-state index contributed by atoms with van der Waals surface area (Å²) >= 11 is 0. The summed E-state index contributed by atoms with van der Waals surface area (Å²) in [7, 11) is 0. The van der Waals surface area contributed by atoms with Crippen LogP contribution < -0.4 is 10.2 Å². The molecular weight excluding hydrogens is 442 g/mol. The van der Waals surface area contributed by atoms with Crippen molar-refractivity contribution < 1.29 is 19.4 Å². The number of benzene rings is 3. The zero-order valence-electron chi connectivity index (χ0n) is 20.3. The van der Waals surface area contributed by atoms with Crippen molar-refractivity contribution in [1.29, 1.82) is 0 Å². The number of piperidine rings is 1. The lowest BCUT2D eigenvalue weighted by Gasteiger charge is -2.38. The van der Waals surface area contributed by atoms with E-state index in [4.69, 9.17) is 4.74 Å². The normalized spacial score (nSPS) is 18.4. The van der Waals surface area contributed by atoms with Gasteiger partial charge in [-0.2, -0.15) is 5.10 Å². The lowest BCUT2D eigenvalue weighted by molar-refractivity contribution is -0.139. The van der Waals surface area contributed by atoms with Gasteiger partial charge in [0, 0.05) is 28.6 Å². The first-order valence-corrected chi connectivity index (χ1v) is 11.9. The van der Waals surface area contributed by atoms with E-state index in [2.05, 4.69) is 24.4 Å². The number of carbonyl (C=O) groups is 2. The van der Waals surface area contributed by atoms with E-state index in [1.165, 1.54) is 0 Å². The highest BCUT2D eigenvalue weighted by Crippen LogP contribution is 2.29. The molecule has 1 saturated heterocycles. The van der Waals surface area contributed by atoms with Gasteiger partial charge in [0.2, 0.25) is 0 Å². The van der Waals surface area contributed by atoms with Crippen molar-refractivity contribution in [3.8, 4) is 11.5 Å². The van der Waals surface area contributed by atoms with E-state index in [0.717, 1.165) is 30.0 Å². The maximum Gasteiger partial charge on any atom is 0.271 e. The van der Waals surface area contributed by atoms with Crippen LogP contribution in [-0.2, 0) is 4.79 Å². The van der Waals surface area contributed by atoms with Gasteiger partial charge in [-0.3, -0.25) is 9.59 Å². The lowest BCUT2D eigenvalue weighted by Crippen LogP contribution is -2.49. The van der Waals surface area contributed by atoms with Crippen molar-refractivity contribution in [2.45, 2.75) is 52.1 Å². The SMILES string of the molecule is C/C(=N/NC(=O)c1ccc(OCC(=O)N2[C@H](C)CCC[C@H]2C)cc1)c1ccc2ccccc2c1O. The summed E-state index contributed by atoms with van der Waals surface area (Å²) in [5.41, 5.74) is 3.97. The number of rotatable bonds is 6. The number of hydrogen-bond acceptors (Lipinski definition) is 5. The fourth-order valence-corrected chi connectivity index (χ4v) is 4.64. The minimum absolute atomic E-state index is 0.0201. The first kappa shape index (κ1) is 24.3. The molecule has 1 aliphatic heterocycles. The molecule has 0 aliphatic carbocycles. The number of carbonyl (C=O) groups excluding carboxylic acids is 2. The van der Waals surface area contributed by atoms with E-state index in [-0.39, 0.29) is 36.3 Å². The molecule has 0 bridgehead atoms. The molecule has 35 heavy (non-hydrogen) atoms. The molecule has 1 fully saturated rings. The van der Waals surface area contributed by atoms with Gasteiger partial charge in [-0.25, -0.2) is 5.43 Å². The van der Waals surface area contributed by atoms with Crippen LogP contribution in [0.5, 0.6) is 11.5 Å². The van der Waals surface area contributed by atoms with E-state index >= 15 is 0 Å². The van der Waals surface area contributed by atoms with Crippen LogP contribution in [0.1, 0.15) is 56.0 Å². The Hall–Kier alpha value is -3.87. The van der Waals surface area contributed by atoms with Crippen LogP contribution in [0.4, 0.5) is 0 Å². The Morgan fingerprint density at radius 2 is 1.71 bits per heavy atom. The lowest BCUT2D eigenvalue weighted by atomic mass is 9.97. The van der Waals surface area contributed by atoms with Crippen molar-refractivity contribution in [3.05, 3.63) is 71.8 Å². The largest absolute Gasteiger partial charge is 0.507 e. The maximum atomic E-state index is 12.6. The van der Waals surface area contributed by atoms with Gasteiger partial charge in [0.1, 0.15) is 11.5 Å². The number of hydrogen-bond donors (Lipinski definition) is 2. The first-order valence-electron chi connectivity index (χ1n) is 11.9. The minimum atomic E-state index is -0.386. The number of ether oxygens (including phenoxy) is 1. The average molecular weight is 474 g/mol. The molecule has 0 aromatic heterocycles. The molecule has 2 amide bonds. The Morgan fingerprint density at radius 3 is 2.43 bits per heavy atom. The van der Waals surface area contributed by atoms with Crippen molar-refractivity contribution >= 4 is 28.3 Å². The first-order chi connectivity index (χ1) is 16.8. The van der Waals surface area contributed by atoms with Crippen LogP contribution in [0.25, 0.3) is 10.8 Å². The van der Waals surface area contributed by atoms with Crippen LogP contribution >= 0.6 is 0 Å². The van der Waals surface area contributed by atoms with Gasteiger partial charge < -0.3 is 14.7 Å². The summed E-state index contributed by atoms with van der Waals surface area (Å²) in [6.07, 6.45) is 3.17. The zero-order chi connectivity index (χ0) is 24.9. The molecule has 7 nitrogen and oxygen atoms in total. The number of hydrazone groups is 1. The molecule has 0 unspecified atom stereocenters. The standard InChI is InChI=1S/C28H31N3O4/c1-18-7-6-8-19(2)31(18)26(32)17-35-23-14-11-22(12-15-23)28(34)30-29-20(3)24-16-13-21-9-4-5-10-25(21)27(24)33/h4-5,9-16,18-19,33H,6-8,17H2,1-3H3,(H,30,34)/b29-20-/t18-,19-/m1/s1. The second-order valence-corrected chi connectivity index (χ2v) is 9.06. The topological polar surface area (TPSA) is 91.2 Å². The van der Waals surface area contributed by atoms with Crippen LogP contribution in [0, 0.1) is 0 Å². The van der Waals surface area contributed by atoms with Gasteiger partial charge >= 0.3 is 0 Å². The number of aromatic hydroxyl groups is 1. The number of nitrogens with zero attached hydrogens (tertiary/aromatic N) is 2. The number of phenols is 1. The van der Waals surface area contributed by atoms with Crippen LogP contribution in [-0.4, -0.2) is 46.2 Å². The molecule has 1 aliphatic rings. The van der Waals surface area contributed by atoms with Crippen molar-refractivity contribution in [1.82, 2.24) is 10.3 Å². The highest BCUT2D eigenvalue weighted by Gasteiger charge is 2.29. The third-order valence-electron chi connectivity index (χ3n) is 6.58. The minimum Gasteiger partial charge on any atom is -0.507 e. The number of fused-ring (bicyclic) bond motifs is 1. The zero-order valence-corrected chi connectivity index (χ0v) is 20.3. The molecule has 3 aromatic carbocycles. The highest BCUT2D eigenvalue weighted by atomic mass is 16.5. The molecule has 2 N–H and O–H groups in total. The average Bonchev–Trinajstić information content (AvgIpc) is 2.86. The van der Waals surface area contributed by atoms with E-state index in [1.54, 1.807) is 37.3 Å².